The molecule has 1 aromatic rings. The summed E-state index contributed by atoms with van der Waals surface area (Å²) in [5.74, 6) is 0.795. The van der Waals surface area contributed by atoms with Crippen molar-refractivity contribution < 1.29 is 23.4 Å². The molecule has 1 heterocycles. The number of nitrogens with zero attached hydrogens (tertiary/aromatic N) is 1. The minimum Gasteiger partial charge on any atom is -0.490 e. The molecule has 0 amide bonds. The van der Waals surface area contributed by atoms with Crippen molar-refractivity contribution in [3.05, 3.63) is 23.8 Å². The summed E-state index contributed by atoms with van der Waals surface area (Å²) < 4.78 is 35.6. The topological polar surface area (TPSA) is 41.9 Å². The zero-order valence-corrected chi connectivity index (χ0v) is 13.7. The number of hydrogen-bond donors (Lipinski definition) is 1. The van der Waals surface area contributed by atoms with Crippen molar-refractivity contribution in [3.63, 3.8) is 0 Å². The molecule has 1 aliphatic heterocycles. The summed E-state index contributed by atoms with van der Waals surface area (Å²) in [6.07, 6.45) is 1.53. The highest BCUT2D eigenvalue weighted by molar-refractivity contribution is 5.46. The van der Waals surface area contributed by atoms with Gasteiger partial charge in [0.1, 0.15) is 0 Å². The van der Waals surface area contributed by atoms with Crippen LogP contribution in [0.5, 0.6) is 11.5 Å². The van der Waals surface area contributed by atoms with Crippen molar-refractivity contribution in [2.24, 2.45) is 5.92 Å². The molecule has 130 valence electrons. The number of ether oxygens (including phenoxy) is 2. The Morgan fingerprint density at radius 3 is 2.57 bits per heavy atom. The Kier molecular flexibility index (Phi) is 6.59. The first-order chi connectivity index (χ1) is 11.0. The van der Waals surface area contributed by atoms with Gasteiger partial charge in [-0.05, 0) is 51.8 Å². The van der Waals surface area contributed by atoms with Crippen LogP contribution in [0.3, 0.4) is 0 Å². The van der Waals surface area contributed by atoms with Crippen LogP contribution in [0.25, 0.3) is 0 Å². The molecule has 4 nitrogen and oxygen atoms in total. The van der Waals surface area contributed by atoms with Gasteiger partial charge in [-0.1, -0.05) is 12.1 Å². The lowest BCUT2D eigenvalue weighted by Gasteiger charge is -2.33. The standard InChI is InChI=1S/C17H25F2NO3/c1-3-22-15-6-4-5-14(16(15)23-17(18)19)11-20-9-7-13(8-10-20)12(2)21/h4-6,12-13,17,21H,3,7-11H2,1-2H3. The van der Waals surface area contributed by atoms with Gasteiger partial charge in [0, 0.05) is 12.1 Å². The molecule has 1 fully saturated rings. The van der Waals surface area contributed by atoms with Gasteiger partial charge in [-0.2, -0.15) is 8.78 Å². The summed E-state index contributed by atoms with van der Waals surface area (Å²) in [7, 11) is 0. The first-order valence-electron chi connectivity index (χ1n) is 8.11. The molecule has 0 spiro atoms. The molecule has 1 aromatic carbocycles. The van der Waals surface area contributed by atoms with E-state index in [0.29, 0.717) is 30.4 Å². The van der Waals surface area contributed by atoms with E-state index < -0.39 is 6.61 Å². The number of benzene rings is 1. The van der Waals surface area contributed by atoms with Crippen molar-refractivity contribution >= 4 is 0 Å². The van der Waals surface area contributed by atoms with Gasteiger partial charge in [-0.15, -0.1) is 0 Å². The lowest BCUT2D eigenvalue weighted by molar-refractivity contribution is -0.0525. The second kappa shape index (κ2) is 8.45. The molecule has 1 N–H and O–H groups in total. The summed E-state index contributed by atoms with van der Waals surface area (Å²) in [6, 6.07) is 5.23. The molecule has 1 unspecified atom stereocenters. The first kappa shape index (κ1) is 17.9. The predicted molar refractivity (Wildman–Crippen MR) is 83.9 cm³/mol. The summed E-state index contributed by atoms with van der Waals surface area (Å²) in [5.41, 5.74) is 0.701. The van der Waals surface area contributed by atoms with Crippen molar-refractivity contribution in [1.82, 2.24) is 4.90 Å². The number of likely N-dealkylation sites (tertiary alicyclic amines) is 1. The molecular formula is C17H25F2NO3. The van der Waals surface area contributed by atoms with Crippen LogP contribution < -0.4 is 9.47 Å². The van der Waals surface area contributed by atoms with Gasteiger partial charge in [-0.25, -0.2) is 0 Å². The Morgan fingerprint density at radius 2 is 2.00 bits per heavy atom. The number of piperidine rings is 1. The highest BCUT2D eigenvalue weighted by Gasteiger charge is 2.24. The maximum Gasteiger partial charge on any atom is 0.387 e. The van der Waals surface area contributed by atoms with Crippen LogP contribution in [0, 0.1) is 5.92 Å². The number of halogens is 2. The number of aliphatic hydroxyl groups excluding tert-OH is 1. The van der Waals surface area contributed by atoms with E-state index in [1.807, 2.05) is 6.92 Å². The third-order valence-corrected chi connectivity index (χ3v) is 4.28. The molecule has 1 saturated heterocycles. The van der Waals surface area contributed by atoms with Crippen molar-refractivity contribution in [2.75, 3.05) is 19.7 Å². The normalized spacial score (nSPS) is 18.2. The van der Waals surface area contributed by atoms with Gasteiger partial charge < -0.3 is 14.6 Å². The number of rotatable bonds is 7. The van der Waals surface area contributed by atoms with E-state index in [-0.39, 0.29) is 11.9 Å². The van der Waals surface area contributed by atoms with Crippen molar-refractivity contribution in [2.45, 2.75) is 45.9 Å². The Labute approximate surface area is 136 Å². The monoisotopic (exact) mass is 329 g/mol. The Hall–Kier alpha value is -1.40. The molecule has 0 saturated carbocycles. The summed E-state index contributed by atoms with van der Waals surface area (Å²) in [5, 5.41) is 9.65. The van der Waals surface area contributed by atoms with E-state index in [0.717, 1.165) is 25.9 Å². The smallest absolute Gasteiger partial charge is 0.387 e. The van der Waals surface area contributed by atoms with Gasteiger partial charge in [0.2, 0.25) is 0 Å². The van der Waals surface area contributed by atoms with Crippen LogP contribution in [-0.2, 0) is 6.54 Å². The van der Waals surface area contributed by atoms with Gasteiger partial charge in [0.05, 0.1) is 12.7 Å². The number of aliphatic hydroxyl groups is 1. The van der Waals surface area contributed by atoms with Gasteiger partial charge >= 0.3 is 6.61 Å². The third-order valence-electron chi connectivity index (χ3n) is 4.28. The third kappa shape index (κ3) is 5.04. The van der Waals surface area contributed by atoms with E-state index in [2.05, 4.69) is 4.90 Å². The van der Waals surface area contributed by atoms with Crippen molar-refractivity contribution in [1.29, 1.82) is 0 Å². The predicted octanol–water partition coefficient (Wildman–Crippen LogP) is 3.28. The quantitative estimate of drug-likeness (QED) is 0.833. The number of hydrogen-bond acceptors (Lipinski definition) is 4. The fourth-order valence-electron chi connectivity index (χ4n) is 3.01. The molecule has 2 rings (SSSR count). The lowest BCUT2D eigenvalue weighted by atomic mass is 9.92. The van der Waals surface area contributed by atoms with Crippen LogP contribution in [0.2, 0.25) is 0 Å². The number of alkyl halides is 2. The minimum atomic E-state index is -2.88. The average Bonchev–Trinajstić information content (AvgIpc) is 2.51. The van der Waals surface area contributed by atoms with Crippen LogP contribution >= 0.6 is 0 Å². The van der Waals surface area contributed by atoms with Gasteiger partial charge in [0.25, 0.3) is 0 Å². The van der Waals surface area contributed by atoms with E-state index in [4.69, 9.17) is 9.47 Å². The molecule has 1 aliphatic rings. The minimum absolute atomic E-state index is 0.127. The molecule has 0 aliphatic carbocycles. The van der Waals surface area contributed by atoms with Gasteiger partial charge in [-0.3, -0.25) is 4.90 Å². The molecule has 0 bridgehead atoms. The second-order valence-corrected chi connectivity index (χ2v) is 5.91. The van der Waals surface area contributed by atoms with Crippen LogP contribution in [0.4, 0.5) is 8.78 Å². The maximum absolute atomic E-state index is 12.7. The highest BCUT2D eigenvalue weighted by Crippen LogP contribution is 2.34. The van der Waals surface area contributed by atoms with Crippen LogP contribution in [-0.4, -0.2) is 42.4 Å². The average molecular weight is 329 g/mol. The largest absolute Gasteiger partial charge is 0.490 e. The molecule has 0 aromatic heterocycles. The zero-order chi connectivity index (χ0) is 16.8. The fourth-order valence-corrected chi connectivity index (χ4v) is 3.01. The molecule has 1 atom stereocenters. The SMILES string of the molecule is CCOc1cccc(CN2CCC(C(C)O)CC2)c1OC(F)F. The summed E-state index contributed by atoms with van der Waals surface area (Å²) in [4.78, 5) is 2.20. The molecule has 23 heavy (non-hydrogen) atoms. The zero-order valence-electron chi connectivity index (χ0n) is 13.7. The van der Waals surface area contributed by atoms with E-state index >= 15 is 0 Å². The molecule has 0 radical (unpaired) electrons. The molecular weight excluding hydrogens is 304 g/mol. The summed E-state index contributed by atoms with van der Waals surface area (Å²) in [6.45, 7) is 3.35. The first-order valence-corrected chi connectivity index (χ1v) is 8.11. The van der Waals surface area contributed by atoms with E-state index in [1.54, 1.807) is 25.1 Å². The fraction of sp³-hybridized carbons (Fsp3) is 0.647. The summed E-state index contributed by atoms with van der Waals surface area (Å²) >= 11 is 0. The molecule has 6 heteroatoms. The van der Waals surface area contributed by atoms with E-state index in [1.165, 1.54) is 0 Å². The second-order valence-electron chi connectivity index (χ2n) is 5.91. The Balaban J connectivity index is 2.08. The Morgan fingerprint density at radius 1 is 1.30 bits per heavy atom. The highest BCUT2D eigenvalue weighted by atomic mass is 19.3. The maximum atomic E-state index is 12.7. The Bertz CT molecular complexity index is 489. The lowest BCUT2D eigenvalue weighted by Crippen LogP contribution is -2.36. The van der Waals surface area contributed by atoms with E-state index in [9.17, 15) is 13.9 Å². The number of para-hydroxylation sites is 1. The van der Waals surface area contributed by atoms with Crippen LogP contribution in [0.1, 0.15) is 32.3 Å². The van der Waals surface area contributed by atoms with Crippen LogP contribution in [0.15, 0.2) is 18.2 Å². The van der Waals surface area contributed by atoms with Crippen molar-refractivity contribution in [3.8, 4) is 11.5 Å². The van der Waals surface area contributed by atoms with Gasteiger partial charge in [0.15, 0.2) is 11.5 Å².